The lowest BCUT2D eigenvalue weighted by Gasteiger charge is -2.19. The van der Waals surface area contributed by atoms with Crippen molar-refractivity contribution in [3.05, 3.63) is 48.0 Å². The van der Waals surface area contributed by atoms with E-state index in [1.165, 1.54) is 14.0 Å². The van der Waals surface area contributed by atoms with Gasteiger partial charge in [-0.1, -0.05) is 12.1 Å². The summed E-state index contributed by atoms with van der Waals surface area (Å²) in [5.41, 5.74) is 0.786. The van der Waals surface area contributed by atoms with Crippen molar-refractivity contribution in [3.63, 3.8) is 0 Å². The first-order valence-corrected chi connectivity index (χ1v) is 8.13. The summed E-state index contributed by atoms with van der Waals surface area (Å²) in [6, 6.07) is 11.7. The highest BCUT2D eigenvalue weighted by molar-refractivity contribution is 5.98. The summed E-state index contributed by atoms with van der Waals surface area (Å²) in [4.78, 5) is 24.6. The molecule has 0 saturated carbocycles. The average Bonchev–Trinajstić information content (AvgIpc) is 2.67. The van der Waals surface area contributed by atoms with Crippen molar-refractivity contribution in [1.82, 2.24) is 0 Å². The third kappa shape index (κ3) is 3.88. The van der Waals surface area contributed by atoms with Crippen molar-refractivity contribution in [2.75, 3.05) is 25.6 Å². The van der Waals surface area contributed by atoms with Crippen LogP contribution in [0.2, 0.25) is 0 Å². The molecule has 7 nitrogen and oxygen atoms in total. The van der Waals surface area contributed by atoms with E-state index in [-0.39, 0.29) is 5.56 Å². The van der Waals surface area contributed by atoms with Crippen LogP contribution in [0.15, 0.2) is 42.5 Å². The first-order chi connectivity index (χ1) is 12.6. The fourth-order valence-corrected chi connectivity index (χ4v) is 2.46. The van der Waals surface area contributed by atoms with Gasteiger partial charge in [0.15, 0.2) is 17.6 Å². The molecule has 26 heavy (non-hydrogen) atoms. The zero-order valence-corrected chi connectivity index (χ0v) is 14.5. The smallest absolute Gasteiger partial charge is 0.342 e. The van der Waals surface area contributed by atoms with E-state index in [2.05, 4.69) is 5.32 Å². The van der Waals surface area contributed by atoms with E-state index in [9.17, 15) is 9.59 Å². The van der Waals surface area contributed by atoms with E-state index in [0.717, 1.165) is 0 Å². The van der Waals surface area contributed by atoms with Crippen LogP contribution in [-0.2, 0) is 9.53 Å². The monoisotopic (exact) mass is 357 g/mol. The van der Waals surface area contributed by atoms with E-state index >= 15 is 0 Å². The summed E-state index contributed by atoms with van der Waals surface area (Å²) in [5.74, 6) is 0.492. The Labute approximate surface area is 150 Å². The molecule has 3 rings (SSSR count). The Hall–Kier alpha value is -3.22. The predicted octanol–water partition coefficient (Wildman–Crippen LogP) is 2.65. The van der Waals surface area contributed by atoms with Gasteiger partial charge < -0.3 is 24.3 Å². The molecule has 1 N–H and O–H groups in total. The molecule has 1 aliphatic rings. The van der Waals surface area contributed by atoms with Gasteiger partial charge in [-0.05, 0) is 31.2 Å². The highest BCUT2D eigenvalue weighted by Crippen LogP contribution is 2.32. The van der Waals surface area contributed by atoms with Gasteiger partial charge in [0.2, 0.25) is 0 Å². The van der Waals surface area contributed by atoms with Gasteiger partial charge in [-0.2, -0.15) is 0 Å². The van der Waals surface area contributed by atoms with Gasteiger partial charge in [0.1, 0.15) is 24.5 Å². The average molecular weight is 357 g/mol. The van der Waals surface area contributed by atoms with Gasteiger partial charge in [-0.25, -0.2) is 4.79 Å². The van der Waals surface area contributed by atoms with Crippen LogP contribution >= 0.6 is 0 Å². The summed E-state index contributed by atoms with van der Waals surface area (Å²) >= 11 is 0. The molecule has 1 heterocycles. The van der Waals surface area contributed by atoms with Crippen LogP contribution in [0.5, 0.6) is 17.2 Å². The van der Waals surface area contributed by atoms with Gasteiger partial charge >= 0.3 is 5.97 Å². The van der Waals surface area contributed by atoms with Crippen molar-refractivity contribution in [3.8, 4) is 17.2 Å². The lowest BCUT2D eigenvalue weighted by Crippen LogP contribution is -2.30. The first kappa shape index (κ1) is 17.6. The van der Waals surface area contributed by atoms with E-state index < -0.39 is 18.0 Å². The van der Waals surface area contributed by atoms with E-state index in [0.29, 0.717) is 36.1 Å². The lowest BCUT2D eigenvalue weighted by atomic mass is 10.2. The Balaban J connectivity index is 1.63. The van der Waals surface area contributed by atoms with Crippen LogP contribution in [0.1, 0.15) is 17.3 Å². The Morgan fingerprint density at radius 3 is 2.58 bits per heavy atom. The molecular formula is C19H19NO6. The number of benzene rings is 2. The van der Waals surface area contributed by atoms with Crippen LogP contribution in [0.3, 0.4) is 0 Å². The largest absolute Gasteiger partial charge is 0.496 e. The molecule has 0 bridgehead atoms. The Bertz CT molecular complexity index is 819. The van der Waals surface area contributed by atoms with Crippen LogP contribution in [0.4, 0.5) is 5.69 Å². The number of nitrogens with one attached hydrogen (secondary N) is 1. The van der Waals surface area contributed by atoms with Crippen LogP contribution in [0, 0.1) is 0 Å². The number of anilines is 1. The molecule has 0 radical (unpaired) electrons. The normalized spacial score (nSPS) is 13.5. The number of fused-ring (bicyclic) bond motifs is 1. The third-order valence-corrected chi connectivity index (χ3v) is 3.79. The number of carbonyl (C=O) groups is 2. The van der Waals surface area contributed by atoms with Crippen molar-refractivity contribution in [1.29, 1.82) is 0 Å². The van der Waals surface area contributed by atoms with Gasteiger partial charge in [0.25, 0.3) is 5.91 Å². The molecule has 1 atom stereocenters. The molecule has 0 aliphatic carbocycles. The highest BCUT2D eigenvalue weighted by Gasteiger charge is 2.22. The van der Waals surface area contributed by atoms with E-state index in [1.807, 2.05) is 0 Å². The number of methoxy groups -OCH3 is 1. The zero-order chi connectivity index (χ0) is 18.5. The number of ether oxygens (including phenoxy) is 4. The molecular weight excluding hydrogens is 338 g/mol. The first-order valence-electron chi connectivity index (χ1n) is 8.13. The number of para-hydroxylation sites is 1. The van der Waals surface area contributed by atoms with E-state index in [4.69, 9.17) is 18.9 Å². The number of rotatable bonds is 5. The minimum absolute atomic E-state index is 0.258. The number of amides is 1. The molecule has 1 unspecified atom stereocenters. The second-order valence-electron chi connectivity index (χ2n) is 5.60. The van der Waals surface area contributed by atoms with Gasteiger partial charge in [0, 0.05) is 11.8 Å². The SMILES string of the molecule is COc1ccccc1C(=O)OC(C)C(=O)Nc1ccc2c(c1)OCCO2. The summed E-state index contributed by atoms with van der Waals surface area (Å²) < 4.78 is 21.3. The molecule has 2 aromatic carbocycles. The predicted molar refractivity (Wildman–Crippen MR) is 93.9 cm³/mol. The molecule has 1 aliphatic heterocycles. The Kier molecular flexibility index (Phi) is 5.26. The molecule has 7 heteroatoms. The van der Waals surface area contributed by atoms with Gasteiger partial charge in [0.05, 0.1) is 7.11 Å². The third-order valence-electron chi connectivity index (χ3n) is 3.79. The molecule has 0 saturated heterocycles. The topological polar surface area (TPSA) is 83.1 Å². The van der Waals surface area contributed by atoms with E-state index in [1.54, 1.807) is 42.5 Å². The molecule has 0 aromatic heterocycles. The maximum atomic E-state index is 12.3. The molecule has 0 spiro atoms. The molecule has 136 valence electrons. The number of hydrogen-bond acceptors (Lipinski definition) is 6. The second-order valence-corrected chi connectivity index (χ2v) is 5.60. The number of carbonyl (C=O) groups excluding carboxylic acids is 2. The summed E-state index contributed by atoms with van der Waals surface area (Å²) in [6.07, 6.45) is -0.986. The lowest BCUT2D eigenvalue weighted by molar-refractivity contribution is -0.123. The fourth-order valence-electron chi connectivity index (χ4n) is 2.46. The fraction of sp³-hybridized carbons (Fsp3) is 0.263. The van der Waals surface area contributed by atoms with Crippen molar-refractivity contribution in [2.45, 2.75) is 13.0 Å². The summed E-state index contributed by atoms with van der Waals surface area (Å²) in [6.45, 7) is 2.45. The summed E-state index contributed by atoms with van der Waals surface area (Å²) in [7, 11) is 1.46. The molecule has 1 amide bonds. The quantitative estimate of drug-likeness (QED) is 0.829. The molecule has 0 fully saturated rings. The van der Waals surface area contributed by atoms with Gasteiger partial charge in [-0.3, -0.25) is 4.79 Å². The van der Waals surface area contributed by atoms with Crippen molar-refractivity contribution in [2.24, 2.45) is 0 Å². The minimum Gasteiger partial charge on any atom is -0.496 e. The zero-order valence-electron chi connectivity index (χ0n) is 14.5. The van der Waals surface area contributed by atoms with Gasteiger partial charge in [-0.15, -0.1) is 0 Å². The number of esters is 1. The van der Waals surface area contributed by atoms with Crippen molar-refractivity contribution >= 4 is 17.6 Å². The standard InChI is InChI=1S/C19H19NO6/c1-12(26-19(22)14-5-3-4-6-15(14)23-2)18(21)20-13-7-8-16-17(11-13)25-10-9-24-16/h3-8,11-12H,9-10H2,1-2H3,(H,20,21). The Morgan fingerprint density at radius 1 is 1.08 bits per heavy atom. The number of hydrogen-bond donors (Lipinski definition) is 1. The Morgan fingerprint density at radius 2 is 1.81 bits per heavy atom. The maximum absolute atomic E-state index is 12.3. The second kappa shape index (κ2) is 7.77. The maximum Gasteiger partial charge on any atom is 0.342 e. The van der Waals surface area contributed by atoms with Crippen LogP contribution in [-0.4, -0.2) is 38.3 Å². The molecule has 2 aromatic rings. The van der Waals surface area contributed by atoms with Crippen LogP contribution < -0.4 is 19.5 Å². The van der Waals surface area contributed by atoms with Crippen LogP contribution in [0.25, 0.3) is 0 Å². The minimum atomic E-state index is -0.986. The van der Waals surface area contributed by atoms with Crippen molar-refractivity contribution < 1.29 is 28.5 Å². The highest BCUT2D eigenvalue weighted by atomic mass is 16.6. The summed E-state index contributed by atoms with van der Waals surface area (Å²) in [5, 5.41) is 2.69.